The molecule has 0 saturated heterocycles. The van der Waals surface area contributed by atoms with Crippen LogP contribution in [-0.2, 0) is 84.1 Å². The number of hydrogen-bond donors (Lipinski definition) is 0. The van der Waals surface area contributed by atoms with Crippen LogP contribution in [0, 0.1) is 56.8 Å². The highest BCUT2D eigenvalue weighted by molar-refractivity contribution is 7.98. The summed E-state index contributed by atoms with van der Waals surface area (Å²) in [4.78, 5) is 13.6. The Kier molecular flexibility index (Phi) is 41.0. The second kappa shape index (κ2) is 48.9. The fourth-order valence-electron chi connectivity index (χ4n) is 10.9. The van der Waals surface area contributed by atoms with Gasteiger partial charge >= 0.3 is 45.3 Å². The molecule has 0 atom stereocenters. The highest BCUT2D eigenvalue weighted by atomic mass is 35.5. The van der Waals surface area contributed by atoms with E-state index in [0.717, 1.165) is 22.6 Å². The predicted molar refractivity (Wildman–Crippen MR) is 469 cm³/mol. The van der Waals surface area contributed by atoms with Crippen molar-refractivity contribution in [1.82, 2.24) is 0 Å². The van der Waals surface area contributed by atoms with Crippen molar-refractivity contribution in [1.29, 1.82) is 0 Å². The Bertz CT molecular complexity index is 6140. The average Bonchev–Trinajstić information content (AvgIpc) is 0.729. The van der Waals surface area contributed by atoms with Crippen LogP contribution in [0.5, 0.6) is 11.5 Å². The number of ether oxygens (including phenoxy) is 2. The molecule has 0 N–H and O–H groups in total. The molecule has 0 fully saturated rings. The maximum absolute atomic E-state index is 12.6. The van der Waals surface area contributed by atoms with Gasteiger partial charge in [0, 0.05) is 12.1 Å². The highest BCUT2D eigenvalue weighted by Crippen LogP contribution is 2.55. The summed E-state index contributed by atoms with van der Waals surface area (Å²) in [5.41, 5.74) is 4.93. The zero-order chi connectivity index (χ0) is 104. The Morgan fingerprint density at radius 2 is 0.435 bits per heavy atom. The Balaban J connectivity index is 0.000000245. The molecular formula is C92H72ClF23O14S8. The number of benzene rings is 13. The van der Waals surface area contributed by atoms with E-state index in [4.69, 9.17) is 9.47 Å². The molecule has 0 spiro atoms. The van der Waals surface area contributed by atoms with Gasteiger partial charge in [-0.3, -0.25) is 0 Å². The van der Waals surface area contributed by atoms with Gasteiger partial charge in [0.25, 0.3) is 0 Å². The van der Waals surface area contributed by atoms with Crippen molar-refractivity contribution in [2.75, 3.05) is 14.2 Å². The topological polar surface area (TPSA) is 247 Å². The molecule has 13 aromatic rings. The van der Waals surface area contributed by atoms with Crippen molar-refractivity contribution in [2.45, 2.75) is 137 Å². The van der Waals surface area contributed by atoms with Crippen molar-refractivity contribution in [3.63, 3.8) is 0 Å². The molecular weight excluding hydrogens is 2060 g/mol. The second-order valence-corrected chi connectivity index (χ2v) is 41.9. The van der Waals surface area contributed by atoms with E-state index in [9.17, 15) is 153 Å². The van der Waals surface area contributed by atoms with Crippen LogP contribution in [0.2, 0.25) is 0 Å². The van der Waals surface area contributed by atoms with Crippen molar-refractivity contribution >= 4 is 95.7 Å². The highest BCUT2D eigenvalue weighted by Gasteiger charge is 2.84. The lowest BCUT2D eigenvalue weighted by Crippen LogP contribution is -2.63. The molecule has 0 aliphatic rings. The molecule has 0 unspecified atom stereocenters. The maximum Gasteiger partial charge on any atom is 0.461 e. The fourth-order valence-corrected chi connectivity index (χ4v) is 20.8. The van der Waals surface area contributed by atoms with Crippen LogP contribution < -0.4 is 9.47 Å². The van der Waals surface area contributed by atoms with Gasteiger partial charge in [-0.15, -0.1) is 0 Å². The molecule has 14 nitrogen and oxygen atoms in total. The van der Waals surface area contributed by atoms with E-state index < -0.39 is 120 Å². The van der Waals surface area contributed by atoms with Gasteiger partial charge in [0.2, 0.25) is 5.82 Å². The molecule has 0 aromatic heterocycles. The van der Waals surface area contributed by atoms with Crippen LogP contribution >= 0.6 is 11.6 Å². The van der Waals surface area contributed by atoms with Gasteiger partial charge in [0.05, 0.1) is 57.8 Å². The molecule has 0 aliphatic heterocycles. The zero-order valence-corrected chi connectivity index (χ0v) is 78.5. The number of aryl methyl sites for hydroxylation is 4. The van der Waals surface area contributed by atoms with E-state index in [1.165, 1.54) is 69.9 Å². The first kappa shape index (κ1) is 116. The monoisotopic (exact) mass is 2130 g/mol. The lowest BCUT2D eigenvalue weighted by Gasteiger charge is -2.34. The van der Waals surface area contributed by atoms with Crippen LogP contribution in [0.15, 0.2) is 391 Å². The van der Waals surface area contributed by atoms with E-state index in [0.29, 0.717) is 0 Å². The summed E-state index contributed by atoms with van der Waals surface area (Å²) in [6.07, 6.45) is -14.0. The first-order chi connectivity index (χ1) is 63.9. The van der Waals surface area contributed by atoms with Crippen molar-refractivity contribution in [3.05, 3.63) is 379 Å². The molecule has 46 heteroatoms. The van der Waals surface area contributed by atoms with Gasteiger partial charge in [0.15, 0.2) is 112 Å². The molecule has 0 saturated carbocycles. The standard InChI is InChI=1S/2C20H19OS.2C19H17S.C6HF5O3S.C4HF9O3S.C3HF7O3S.CHClF2O3S/c2*1-16-13-14-19(15-20(16)21-2)22(17-9-5-3-6-10-17)18-11-7-4-8-12-18;2*1-16-12-14-19(15-13-16)20(17-8-4-2-5-9-17)18-10-6-3-7-11-18;7-1-2(8)4(10)6(15(12,13)14)5(11)3(1)9;5-1(6,3(9,10)11)2(7,8)4(12,13)17(14,15)16;4-1(5,2(6,7)8)3(9,10)14(11,12)13;2-1(3,4)8(5,6)7/h2*3-15H,1-2H3;2*2-15H,1H3;(H,12,13,14);(H,14,15,16);(H,11,12,13);(H,5,6,7)/q4*+1;;;;/p-4. The van der Waals surface area contributed by atoms with Crippen LogP contribution in [0.3, 0.4) is 0 Å². The Morgan fingerprint density at radius 1 is 0.254 bits per heavy atom. The van der Waals surface area contributed by atoms with Gasteiger partial charge < -0.3 is 27.7 Å². The third kappa shape index (κ3) is 30.1. The first-order valence-electron chi connectivity index (χ1n) is 38.2. The minimum absolute atomic E-state index is 0.0229. The van der Waals surface area contributed by atoms with Crippen LogP contribution in [0.4, 0.5) is 101 Å². The fraction of sp³-hybridized carbons (Fsp3) is 0.152. The predicted octanol–water partition coefficient (Wildman–Crippen LogP) is 25.3. The van der Waals surface area contributed by atoms with E-state index in [1.807, 2.05) is 0 Å². The zero-order valence-electron chi connectivity index (χ0n) is 71.2. The number of halogens is 24. The van der Waals surface area contributed by atoms with Crippen LogP contribution in [0.1, 0.15) is 22.3 Å². The summed E-state index contributed by atoms with van der Waals surface area (Å²) in [6, 6.07) is 116. The normalized spacial score (nSPS) is 12.2. The Hall–Kier alpha value is -10.8. The smallest absolute Gasteiger partial charge is 0.461 e. The summed E-state index contributed by atoms with van der Waals surface area (Å²) in [5, 5.41) is -13.8. The molecule has 0 bridgehead atoms. The van der Waals surface area contributed by atoms with Gasteiger partial charge in [-0.2, -0.15) is 79.0 Å². The molecule has 13 aromatic carbocycles. The molecule has 740 valence electrons. The molecule has 0 aliphatic carbocycles. The summed E-state index contributed by atoms with van der Waals surface area (Å²) < 4.78 is 394. The largest absolute Gasteiger partial charge is 0.744 e. The number of rotatable bonds is 21. The average molecular weight is 2130 g/mol. The lowest BCUT2D eigenvalue weighted by molar-refractivity contribution is -0.382. The summed E-state index contributed by atoms with van der Waals surface area (Å²) in [5.74, 6) is -32.7. The lowest BCUT2D eigenvalue weighted by atomic mass is 10.1. The minimum Gasteiger partial charge on any atom is -0.744 e. The molecule has 0 radical (unpaired) electrons. The van der Waals surface area contributed by atoms with Crippen LogP contribution in [-0.4, -0.2) is 111 Å². The van der Waals surface area contributed by atoms with Crippen molar-refractivity contribution in [2.24, 2.45) is 0 Å². The molecule has 0 heterocycles. The summed E-state index contributed by atoms with van der Waals surface area (Å²) >= 11 is 3.78. The SMILES string of the molecule is COc1cc([S+](c2ccccc2)c2ccccc2)ccc1C.COc1cc([S+](c2ccccc2)c2ccccc2)ccc1C.Cc1ccc([S+](c2ccccc2)c2ccccc2)cc1.Cc1ccc([S+](c2ccccc2)c2ccccc2)cc1.O=S(=O)([O-])C(F)(F)C(F)(F)C(F)(F)C(F)(F)F.O=S(=O)([O-])C(F)(F)C(F)(F)C(F)(F)F.O=S(=O)([O-])C(F)(F)Cl.O=S(=O)([O-])c1c(F)c(F)c(F)c(F)c1F. The molecule has 0 amide bonds. The van der Waals surface area contributed by atoms with Crippen molar-refractivity contribution in [3.8, 4) is 11.5 Å². The van der Waals surface area contributed by atoms with E-state index in [-0.39, 0.29) is 43.6 Å². The molecule has 13 rings (SSSR count). The van der Waals surface area contributed by atoms with Gasteiger partial charge in [-0.1, -0.05) is 193 Å². The third-order valence-corrected chi connectivity index (χ3v) is 30.4. The Labute approximate surface area is 793 Å². The molecule has 138 heavy (non-hydrogen) atoms. The number of alkyl halides is 19. The van der Waals surface area contributed by atoms with E-state index in [2.05, 4.69) is 367 Å². The summed E-state index contributed by atoms with van der Waals surface area (Å²) in [6.45, 7) is 8.41. The number of hydrogen-bond acceptors (Lipinski definition) is 14. The quantitative estimate of drug-likeness (QED) is 0.0162. The van der Waals surface area contributed by atoms with Gasteiger partial charge in [-0.05, 0) is 184 Å². The third-order valence-electron chi connectivity index (χ3n) is 17.7. The minimum atomic E-state index is -7.43. The number of methoxy groups -OCH3 is 2. The second-order valence-electron chi connectivity index (χ2n) is 27.5. The summed E-state index contributed by atoms with van der Waals surface area (Å²) in [7, 11) is -22.8. The van der Waals surface area contributed by atoms with Gasteiger partial charge in [0.1, 0.15) is 26.5 Å². The van der Waals surface area contributed by atoms with Gasteiger partial charge in [-0.25, -0.2) is 55.6 Å². The van der Waals surface area contributed by atoms with Crippen LogP contribution in [0.25, 0.3) is 0 Å². The van der Waals surface area contributed by atoms with E-state index in [1.54, 1.807) is 14.2 Å². The van der Waals surface area contributed by atoms with Crippen molar-refractivity contribution < 1.29 is 162 Å². The van der Waals surface area contributed by atoms with E-state index >= 15 is 0 Å². The first-order valence-corrected chi connectivity index (χ1v) is 49.1. The maximum atomic E-state index is 12.6. The Morgan fingerprint density at radius 3 is 0.609 bits per heavy atom.